The summed E-state index contributed by atoms with van der Waals surface area (Å²) in [5.41, 5.74) is 0.444. The number of likely N-dealkylation sites (tertiary alicyclic amines) is 1. The number of furan rings is 2. The number of aliphatic hydroxyl groups excluding tert-OH is 1. The van der Waals surface area contributed by atoms with E-state index in [0.717, 1.165) is 0 Å². The minimum Gasteiger partial charge on any atom is -0.507 e. The van der Waals surface area contributed by atoms with Gasteiger partial charge in [0, 0.05) is 5.56 Å². The number of aliphatic hydroxyl groups is 1. The average molecular weight is 395 g/mol. The molecule has 1 N–H and O–H groups in total. The Morgan fingerprint density at radius 1 is 1.17 bits per heavy atom. The first-order valence-electron chi connectivity index (χ1n) is 9.00. The lowest BCUT2D eigenvalue weighted by Gasteiger charge is -2.22. The van der Waals surface area contributed by atoms with Gasteiger partial charge in [0.2, 0.25) is 0 Å². The summed E-state index contributed by atoms with van der Waals surface area (Å²) in [6, 6.07) is 9.80. The highest BCUT2D eigenvalue weighted by atomic mass is 19.1. The standard InChI is InChI=1S/C22H18FNO5/c1-12-10-14(6-7-16(12)23)20(25)18-19(17-8-5-13(2)29-17)24(22(27)21(18)26)11-15-4-3-9-28-15/h3-10,19,25H,11H2,1-2H3/b20-18-. The molecule has 4 rings (SSSR count). The third kappa shape index (κ3) is 3.24. The molecule has 0 radical (unpaired) electrons. The molecule has 1 saturated heterocycles. The summed E-state index contributed by atoms with van der Waals surface area (Å²) in [6.45, 7) is 3.32. The van der Waals surface area contributed by atoms with Gasteiger partial charge in [0.15, 0.2) is 0 Å². The number of nitrogens with zero attached hydrogens (tertiary/aromatic N) is 1. The van der Waals surface area contributed by atoms with Gasteiger partial charge in [0.1, 0.15) is 34.9 Å². The van der Waals surface area contributed by atoms with E-state index in [1.165, 1.54) is 29.4 Å². The van der Waals surface area contributed by atoms with Crippen LogP contribution in [0.1, 0.15) is 34.4 Å². The van der Waals surface area contributed by atoms with E-state index in [9.17, 15) is 19.1 Å². The normalized spacial score (nSPS) is 18.6. The molecule has 1 atom stereocenters. The molecule has 0 bridgehead atoms. The third-order valence-electron chi connectivity index (χ3n) is 4.91. The minimum absolute atomic E-state index is 0.0290. The number of ketones is 1. The molecule has 0 saturated carbocycles. The molecule has 1 aromatic carbocycles. The van der Waals surface area contributed by atoms with E-state index in [-0.39, 0.29) is 23.4 Å². The summed E-state index contributed by atoms with van der Waals surface area (Å²) >= 11 is 0. The van der Waals surface area contributed by atoms with Crippen LogP contribution < -0.4 is 0 Å². The molecule has 0 spiro atoms. The van der Waals surface area contributed by atoms with Gasteiger partial charge in [0.25, 0.3) is 11.7 Å². The second kappa shape index (κ2) is 7.09. The zero-order valence-corrected chi connectivity index (χ0v) is 15.8. The Balaban J connectivity index is 1.87. The summed E-state index contributed by atoms with van der Waals surface area (Å²) in [4.78, 5) is 26.9. The van der Waals surface area contributed by atoms with Crippen LogP contribution in [-0.4, -0.2) is 21.7 Å². The van der Waals surface area contributed by atoms with Crippen LogP contribution in [0.4, 0.5) is 4.39 Å². The minimum atomic E-state index is -0.931. The van der Waals surface area contributed by atoms with Crippen molar-refractivity contribution in [2.75, 3.05) is 0 Å². The fourth-order valence-electron chi connectivity index (χ4n) is 3.46. The van der Waals surface area contributed by atoms with Crippen molar-refractivity contribution >= 4 is 17.4 Å². The summed E-state index contributed by atoms with van der Waals surface area (Å²) in [5.74, 6) is -1.01. The summed E-state index contributed by atoms with van der Waals surface area (Å²) in [7, 11) is 0. The molecule has 1 fully saturated rings. The Labute approximate surface area is 165 Å². The van der Waals surface area contributed by atoms with Crippen LogP contribution in [0.3, 0.4) is 0 Å². The lowest BCUT2D eigenvalue weighted by atomic mass is 9.98. The predicted octanol–water partition coefficient (Wildman–Crippen LogP) is 4.25. The van der Waals surface area contributed by atoms with Gasteiger partial charge in [-0.15, -0.1) is 0 Å². The van der Waals surface area contributed by atoms with E-state index < -0.39 is 23.5 Å². The highest BCUT2D eigenvalue weighted by Gasteiger charge is 2.47. The van der Waals surface area contributed by atoms with Crippen LogP contribution in [0.2, 0.25) is 0 Å². The van der Waals surface area contributed by atoms with Gasteiger partial charge < -0.3 is 18.8 Å². The van der Waals surface area contributed by atoms with E-state index >= 15 is 0 Å². The van der Waals surface area contributed by atoms with Crippen molar-refractivity contribution in [1.82, 2.24) is 4.90 Å². The summed E-state index contributed by atoms with van der Waals surface area (Å²) in [5, 5.41) is 10.9. The number of hydrogen-bond acceptors (Lipinski definition) is 5. The molecule has 3 heterocycles. The first-order chi connectivity index (χ1) is 13.9. The number of carbonyl (C=O) groups excluding carboxylic acids is 2. The van der Waals surface area contributed by atoms with Gasteiger partial charge in [-0.25, -0.2) is 4.39 Å². The number of hydrogen-bond donors (Lipinski definition) is 1. The molecule has 29 heavy (non-hydrogen) atoms. The fourth-order valence-corrected chi connectivity index (χ4v) is 3.46. The fraction of sp³-hybridized carbons (Fsp3) is 0.182. The average Bonchev–Trinajstić information content (AvgIpc) is 3.41. The quantitative estimate of drug-likeness (QED) is 0.406. The molecule has 0 aliphatic carbocycles. The van der Waals surface area contributed by atoms with Crippen molar-refractivity contribution in [1.29, 1.82) is 0 Å². The Hall–Kier alpha value is -3.61. The molecular weight excluding hydrogens is 377 g/mol. The largest absolute Gasteiger partial charge is 0.507 e. The van der Waals surface area contributed by atoms with Gasteiger partial charge in [-0.2, -0.15) is 0 Å². The Morgan fingerprint density at radius 3 is 2.59 bits per heavy atom. The summed E-state index contributed by atoms with van der Waals surface area (Å²) in [6.07, 6.45) is 1.47. The van der Waals surface area contributed by atoms with Crippen LogP contribution in [-0.2, 0) is 16.1 Å². The molecule has 148 valence electrons. The van der Waals surface area contributed by atoms with Gasteiger partial charge in [-0.05, 0) is 61.9 Å². The Morgan fingerprint density at radius 2 is 1.97 bits per heavy atom. The van der Waals surface area contributed by atoms with Crippen molar-refractivity contribution in [3.8, 4) is 0 Å². The molecule has 6 nitrogen and oxygen atoms in total. The molecule has 2 aromatic heterocycles. The lowest BCUT2D eigenvalue weighted by molar-refractivity contribution is -0.140. The van der Waals surface area contributed by atoms with Crippen molar-refractivity contribution in [3.63, 3.8) is 0 Å². The molecule has 7 heteroatoms. The van der Waals surface area contributed by atoms with Crippen LogP contribution in [0, 0.1) is 19.7 Å². The van der Waals surface area contributed by atoms with Crippen LogP contribution in [0.5, 0.6) is 0 Å². The lowest BCUT2D eigenvalue weighted by Crippen LogP contribution is -2.28. The van der Waals surface area contributed by atoms with E-state index in [4.69, 9.17) is 8.83 Å². The van der Waals surface area contributed by atoms with Gasteiger partial charge in [0.05, 0.1) is 18.4 Å². The van der Waals surface area contributed by atoms with Crippen molar-refractivity contribution < 1.29 is 27.9 Å². The van der Waals surface area contributed by atoms with E-state index in [0.29, 0.717) is 22.8 Å². The maximum atomic E-state index is 13.6. The van der Waals surface area contributed by atoms with Gasteiger partial charge >= 0.3 is 0 Å². The van der Waals surface area contributed by atoms with E-state index in [1.807, 2.05) is 0 Å². The topological polar surface area (TPSA) is 83.9 Å². The van der Waals surface area contributed by atoms with Gasteiger partial charge in [-0.3, -0.25) is 9.59 Å². The van der Waals surface area contributed by atoms with Crippen LogP contribution in [0.25, 0.3) is 5.76 Å². The maximum Gasteiger partial charge on any atom is 0.296 e. The number of benzene rings is 1. The second-order valence-electron chi connectivity index (χ2n) is 6.92. The SMILES string of the molecule is Cc1ccc(C2/C(=C(/O)c3ccc(F)c(C)c3)C(=O)C(=O)N2Cc2ccco2)o1. The van der Waals surface area contributed by atoms with E-state index in [1.54, 1.807) is 38.1 Å². The zero-order valence-electron chi connectivity index (χ0n) is 15.8. The highest BCUT2D eigenvalue weighted by molar-refractivity contribution is 6.46. The Kier molecular flexibility index (Phi) is 4.58. The first kappa shape index (κ1) is 18.7. The molecule has 1 aliphatic rings. The molecular formula is C22H18FNO5. The highest BCUT2D eigenvalue weighted by Crippen LogP contribution is 2.41. The number of Topliss-reactive ketones (excluding diaryl/α,β-unsaturated/α-hetero) is 1. The number of rotatable bonds is 4. The first-order valence-corrected chi connectivity index (χ1v) is 9.00. The number of aryl methyl sites for hydroxylation is 2. The number of carbonyl (C=O) groups is 2. The second-order valence-corrected chi connectivity index (χ2v) is 6.92. The molecule has 3 aromatic rings. The maximum absolute atomic E-state index is 13.6. The molecule has 1 unspecified atom stereocenters. The van der Waals surface area contributed by atoms with Crippen molar-refractivity contribution in [2.24, 2.45) is 0 Å². The van der Waals surface area contributed by atoms with Crippen LogP contribution >= 0.6 is 0 Å². The number of amides is 1. The number of halogens is 1. The van der Waals surface area contributed by atoms with Crippen molar-refractivity contribution in [3.05, 3.63) is 88.5 Å². The van der Waals surface area contributed by atoms with E-state index in [2.05, 4.69) is 0 Å². The van der Waals surface area contributed by atoms with Gasteiger partial charge in [-0.1, -0.05) is 0 Å². The Bertz CT molecular complexity index is 1130. The van der Waals surface area contributed by atoms with Crippen LogP contribution in [0.15, 0.2) is 63.1 Å². The zero-order chi connectivity index (χ0) is 20.7. The van der Waals surface area contributed by atoms with Crippen molar-refractivity contribution in [2.45, 2.75) is 26.4 Å². The molecule has 1 aliphatic heterocycles. The monoisotopic (exact) mass is 395 g/mol. The third-order valence-corrected chi connectivity index (χ3v) is 4.91. The summed E-state index contributed by atoms with van der Waals surface area (Å²) < 4.78 is 24.7. The predicted molar refractivity (Wildman–Crippen MR) is 101 cm³/mol. The smallest absolute Gasteiger partial charge is 0.296 e. The molecule has 1 amide bonds.